The predicted molar refractivity (Wildman–Crippen MR) is 75.4 cm³/mol. The molecule has 2 heterocycles. The molecule has 2 atom stereocenters. The Kier molecular flexibility index (Phi) is 4.36. The summed E-state index contributed by atoms with van der Waals surface area (Å²) in [4.78, 5) is 7.01. The molecule has 1 aliphatic rings. The van der Waals surface area contributed by atoms with Crippen LogP contribution in [0.4, 0.5) is 0 Å². The van der Waals surface area contributed by atoms with Gasteiger partial charge in [-0.15, -0.1) is 0 Å². The molecule has 0 radical (unpaired) electrons. The van der Waals surface area contributed by atoms with Gasteiger partial charge in [0.2, 0.25) is 0 Å². The Bertz CT molecular complexity index is 365. The summed E-state index contributed by atoms with van der Waals surface area (Å²) in [6, 6.07) is 6.79. The van der Waals surface area contributed by atoms with Crippen molar-refractivity contribution < 1.29 is 0 Å². The maximum atomic E-state index is 4.45. The van der Waals surface area contributed by atoms with E-state index in [9.17, 15) is 0 Å². The lowest BCUT2D eigenvalue weighted by atomic mass is 9.98. The zero-order chi connectivity index (χ0) is 13.0. The number of aromatic nitrogens is 1. The van der Waals surface area contributed by atoms with Crippen molar-refractivity contribution in [3.8, 4) is 0 Å². The van der Waals surface area contributed by atoms with E-state index in [2.05, 4.69) is 48.1 Å². The molecule has 0 aromatic carbocycles. The van der Waals surface area contributed by atoms with Gasteiger partial charge < -0.3 is 5.32 Å². The van der Waals surface area contributed by atoms with E-state index < -0.39 is 0 Å². The molecule has 1 aromatic heterocycles. The first kappa shape index (κ1) is 13.5. The average Bonchev–Trinajstić information content (AvgIpc) is 2.52. The van der Waals surface area contributed by atoms with Crippen molar-refractivity contribution in [3.05, 3.63) is 30.1 Å². The van der Waals surface area contributed by atoms with Gasteiger partial charge in [-0.2, -0.15) is 0 Å². The van der Waals surface area contributed by atoms with E-state index in [0.29, 0.717) is 6.04 Å². The van der Waals surface area contributed by atoms with E-state index in [4.69, 9.17) is 0 Å². The Morgan fingerprint density at radius 3 is 3.00 bits per heavy atom. The number of rotatable bonds is 3. The fourth-order valence-electron chi connectivity index (χ4n) is 2.57. The highest BCUT2D eigenvalue weighted by Gasteiger charge is 2.30. The van der Waals surface area contributed by atoms with Crippen molar-refractivity contribution in [3.63, 3.8) is 0 Å². The van der Waals surface area contributed by atoms with Gasteiger partial charge in [0.05, 0.1) is 5.69 Å². The van der Waals surface area contributed by atoms with Gasteiger partial charge in [0.15, 0.2) is 0 Å². The maximum absolute atomic E-state index is 4.45. The lowest BCUT2D eigenvalue weighted by molar-refractivity contribution is 0.162. The molecule has 0 amide bonds. The van der Waals surface area contributed by atoms with Crippen LogP contribution in [-0.4, -0.2) is 34.6 Å². The lowest BCUT2D eigenvalue weighted by Crippen LogP contribution is -2.49. The smallest absolute Gasteiger partial charge is 0.0544 e. The molecule has 2 unspecified atom stereocenters. The average molecular weight is 247 g/mol. The second-order valence-electron chi connectivity index (χ2n) is 5.70. The molecule has 1 aromatic rings. The van der Waals surface area contributed by atoms with E-state index in [1.807, 2.05) is 12.3 Å². The minimum atomic E-state index is 0.236. The lowest BCUT2D eigenvalue weighted by Gasteiger charge is -2.34. The molecule has 0 aliphatic carbocycles. The molecule has 0 spiro atoms. The topological polar surface area (TPSA) is 28.2 Å². The molecule has 0 bridgehead atoms. The third kappa shape index (κ3) is 3.30. The summed E-state index contributed by atoms with van der Waals surface area (Å²) >= 11 is 0. The van der Waals surface area contributed by atoms with E-state index in [1.54, 1.807) is 0 Å². The first-order chi connectivity index (χ1) is 8.63. The van der Waals surface area contributed by atoms with Gasteiger partial charge in [0.1, 0.15) is 0 Å². The fourth-order valence-corrected chi connectivity index (χ4v) is 2.57. The van der Waals surface area contributed by atoms with Crippen LogP contribution in [0.15, 0.2) is 24.4 Å². The molecule has 1 fully saturated rings. The second kappa shape index (κ2) is 5.81. The van der Waals surface area contributed by atoms with Gasteiger partial charge in [-0.3, -0.25) is 9.88 Å². The first-order valence-corrected chi connectivity index (χ1v) is 7.02. The van der Waals surface area contributed by atoms with Crippen LogP contribution in [0.5, 0.6) is 0 Å². The number of hydrogen-bond acceptors (Lipinski definition) is 3. The van der Waals surface area contributed by atoms with Crippen molar-refractivity contribution in [1.29, 1.82) is 0 Å². The molecule has 2 rings (SSSR count). The van der Waals surface area contributed by atoms with Crippen molar-refractivity contribution in [2.45, 2.75) is 51.7 Å². The third-order valence-corrected chi connectivity index (χ3v) is 4.16. The molecule has 1 N–H and O–H groups in total. The van der Waals surface area contributed by atoms with E-state index >= 15 is 0 Å². The predicted octanol–water partition coefficient (Wildman–Crippen LogP) is 2.43. The van der Waals surface area contributed by atoms with Crippen LogP contribution >= 0.6 is 0 Å². The highest BCUT2D eigenvalue weighted by atomic mass is 15.2. The van der Waals surface area contributed by atoms with Crippen LogP contribution in [0.2, 0.25) is 0 Å². The Balaban J connectivity index is 2.08. The monoisotopic (exact) mass is 247 g/mol. The fraction of sp³-hybridized carbons (Fsp3) is 0.667. The van der Waals surface area contributed by atoms with Gasteiger partial charge in [0.25, 0.3) is 0 Å². The van der Waals surface area contributed by atoms with Crippen molar-refractivity contribution >= 4 is 0 Å². The molecule has 18 heavy (non-hydrogen) atoms. The molecule has 100 valence electrons. The van der Waals surface area contributed by atoms with Crippen LogP contribution in [-0.2, 0) is 6.54 Å². The van der Waals surface area contributed by atoms with Crippen LogP contribution in [0.1, 0.15) is 39.3 Å². The third-order valence-electron chi connectivity index (χ3n) is 4.16. The number of nitrogens with zero attached hydrogens (tertiary/aromatic N) is 2. The number of pyridine rings is 1. The molecule has 1 aliphatic heterocycles. The highest BCUT2D eigenvalue weighted by molar-refractivity contribution is 5.04. The summed E-state index contributed by atoms with van der Waals surface area (Å²) in [5.41, 5.74) is 1.41. The number of nitrogens with one attached hydrogen (secondary N) is 1. The summed E-state index contributed by atoms with van der Waals surface area (Å²) in [7, 11) is 0. The van der Waals surface area contributed by atoms with Crippen molar-refractivity contribution in [1.82, 2.24) is 15.2 Å². The largest absolute Gasteiger partial charge is 0.310 e. The summed E-state index contributed by atoms with van der Waals surface area (Å²) in [6.07, 6.45) is 4.26. The molecule has 3 heteroatoms. The normalized spacial score (nSPS) is 30.1. The quantitative estimate of drug-likeness (QED) is 0.889. The van der Waals surface area contributed by atoms with Crippen molar-refractivity contribution in [2.75, 3.05) is 13.1 Å². The standard InChI is InChI=1S/C15H25N3/c1-4-15(3)12-18(13(2)8-10-17-15)11-14-7-5-6-9-16-14/h5-7,9,13,17H,4,8,10-12H2,1-3H3. The minimum Gasteiger partial charge on any atom is -0.310 e. The van der Waals surface area contributed by atoms with Gasteiger partial charge >= 0.3 is 0 Å². The zero-order valence-corrected chi connectivity index (χ0v) is 11.8. The highest BCUT2D eigenvalue weighted by Crippen LogP contribution is 2.20. The van der Waals surface area contributed by atoms with Crippen LogP contribution in [0.25, 0.3) is 0 Å². The molecular formula is C15H25N3. The minimum absolute atomic E-state index is 0.236. The van der Waals surface area contributed by atoms with E-state index in [1.165, 1.54) is 18.5 Å². The van der Waals surface area contributed by atoms with Gasteiger partial charge in [-0.25, -0.2) is 0 Å². The van der Waals surface area contributed by atoms with Gasteiger partial charge in [0, 0.05) is 30.9 Å². The molecule has 3 nitrogen and oxygen atoms in total. The summed E-state index contributed by atoms with van der Waals surface area (Å²) in [5, 5.41) is 3.69. The van der Waals surface area contributed by atoms with Crippen LogP contribution in [0, 0.1) is 0 Å². The molecule has 0 saturated carbocycles. The maximum Gasteiger partial charge on any atom is 0.0544 e. The number of hydrogen-bond donors (Lipinski definition) is 1. The zero-order valence-electron chi connectivity index (χ0n) is 11.8. The first-order valence-electron chi connectivity index (χ1n) is 7.02. The Morgan fingerprint density at radius 1 is 1.50 bits per heavy atom. The summed E-state index contributed by atoms with van der Waals surface area (Å²) < 4.78 is 0. The SMILES string of the molecule is CCC1(C)CN(Cc2ccccn2)C(C)CCN1. The Morgan fingerprint density at radius 2 is 2.33 bits per heavy atom. The summed E-state index contributed by atoms with van der Waals surface area (Å²) in [6.45, 7) is 10.1. The Hall–Kier alpha value is -0.930. The van der Waals surface area contributed by atoms with E-state index in [0.717, 1.165) is 19.6 Å². The summed E-state index contributed by atoms with van der Waals surface area (Å²) in [5.74, 6) is 0. The molecule has 1 saturated heterocycles. The van der Waals surface area contributed by atoms with Crippen LogP contribution < -0.4 is 5.32 Å². The van der Waals surface area contributed by atoms with Crippen molar-refractivity contribution in [2.24, 2.45) is 0 Å². The van der Waals surface area contributed by atoms with Gasteiger partial charge in [-0.1, -0.05) is 13.0 Å². The van der Waals surface area contributed by atoms with Gasteiger partial charge in [-0.05, 0) is 45.4 Å². The van der Waals surface area contributed by atoms with Crippen LogP contribution in [0.3, 0.4) is 0 Å². The van der Waals surface area contributed by atoms with E-state index in [-0.39, 0.29) is 5.54 Å². The Labute approximate surface area is 111 Å². The molecular weight excluding hydrogens is 222 g/mol. The second-order valence-corrected chi connectivity index (χ2v) is 5.70.